The summed E-state index contributed by atoms with van der Waals surface area (Å²) in [6, 6.07) is 16.3. The molecule has 4 fully saturated rings. The Balaban J connectivity index is 0.000000170. The number of nitrogens with two attached hydrogens (primary N) is 1. The molecule has 0 atom stereocenters. The maximum Gasteiger partial charge on any atom is 0.252 e. The Hall–Kier alpha value is -5.39. The molecule has 0 bridgehead atoms. The highest BCUT2D eigenvalue weighted by molar-refractivity contribution is 7.90. The predicted molar refractivity (Wildman–Crippen MR) is 283 cm³/mol. The average molecular weight is 1010 g/mol. The Morgan fingerprint density at radius 1 is 0.653 bits per heavy atom. The molecule has 0 radical (unpaired) electrons. The van der Waals surface area contributed by atoms with Crippen LogP contribution in [0.15, 0.2) is 66.1 Å². The van der Waals surface area contributed by atoms with Gasteiger partial charge in [-0.1, -0.05) is 64.1 Å². The Morgan fingerprint density at radius 2 is 1.10 bits per heavy atom. The number of sulfone groups is 1. The van der Waals surface area contributed by atoms with Crippen LogP contribution in [0, 0.1) is 10.4 Å². The number of rotatable bonds is 13. The summed E-state index contributed by atoms with van der Waals surface area (Å²) in [6.45, 7) is 14.8. The van der Waals surface area contributed by atoms with Gasteiger partial charge in [-0.3, -0.25) is 0 Å². The first kappa shape index (κ1) is 52.9. The number of para-hydroxylation sites is 2. The lowest BCUT2D eigenvalue weighted by Gasteiger charge is -2.45. The number of hydrogen-bond acceptors (Lipinski definition) is 16. The van der Waals surface area contributed by atoms with E-state index in [-0.39, 0.29) is 26.3 Å². The van der Waals surface area contributed by atoms with E-state index in [4.69, 9.17) is 25.2 Å². The van der Waals surface area contributed by atoms with Gasteiger partial charge in [-0.15, -0.1) is 0 Å². The summed E-state index contributed by atoms with van der Waals surface area (Å²) in [5.74, 6) is 1.92. The third-order valence-electron chi connectivity index (χ3n) is 14.0. The fourth-order valence-corrected chi connectivity index (χ4v) is 10.3. The Kier molecular flexibility index (Phi) is 17.4. The molecule has 5 N–H and O–H groups in total. The molecule has 8 heterocycles. The van der Waals surface area contributed by atoms with E-state index in [0.717, 1.165) is 136 Å². The fraction of sp³-hybridized carbons (Fsp3) is 0.569. The van der Waals surface area contributed by atoms with Crippen LogP contribution in [0.3, 0.4) is 0 Å². The van der Waals surface area contributed by atoms with Gasteiger partial charge in [-0.05, 0) is 88.2 Å². The van der Waals surface area contributed by atoms with Gasteiger partial charge in [0.15, 0.2) is 11.3 Å². The number of benzene rings is 2. The van der Waals surface area contributed by atoms with E-state index in [2.05, 4.69) is 50.0 Å². The van der Waals surface area contributed by atoms with E-state index in [1.807, 2.05) is 68.6 Å². The van der Waals surface area contributed by atoms with Crippen molar-refractivity contribution >= 4 is 50.4 Å². The Labute approximate surface area is 423 Å². The molecule has 2 aromatic carbocycles. The van der Waals surface area contributed by atoms with Crippen molar-refractivity contribution in [3.63, 3.8) is 0 Å². The molecule has 4 saturated heterocycles. The van der Waals surface area contributed by atoms with Crippen molar-refractivity contribution in [2.75, 3.05) is 74.8 Å². The van der Waals surface area contributed by atoms with Crippen LogP contribution in [0.25, 0.3) is 11.3 Å². The van der Waals surface area contributed by atoms with E-state index < -0.39 is 9.84 Å². The molecule has 4 aliphatic rings. The minimum atomic E-state index is -3.61. The number of piperidine rings is 2. The number of nitrogens with zero attached hydrogens (tertiary/aromatic N) is 10. The lowest BCUT2D eigenvalue weighted by atomic mass is 10.1. The number of quaternary nitrogens is 2. The van der Waals surface area contributed by atoms with Gasteiger partial charge in [0.1, 0.15) is 11.4 Å². The highest BCUT2D eigenvalue weighted by Gasteiger charge is 2.29. The van der Waals surface area contributed by atoms with Crippen LogP contribution in [0.1, 0.15) is 126 Å². The van der Waals surface area contributed by atoms with Crippen molar-refractivity contribution in [2.24, 2.45) is 5.73 Å². The second kappa shape index (κ2) is 23.7. The molecule has 20 nitrogen and oxygen atoms in total. The summed E-state index contributed by atoms with van der Waals surface area (Å²) in [4.78, 5) is 18.1. The summed E-state index contributed by atoms with van der Waals surface area (Å²) in [5.41, 5.74) is 12.2. The van der Waals surface area contributed by atoms with Crippen LogP contribution in [0.4, 0.5) is 29.2 Å². The number of ether oxygens (including phenoxy) is 2. The first-order valence-corrected chi connectivity index (χ1v) is 27.7. The summed E-state index contributed by atoms with van der Waals surface area (Å²) < 4.78 is 37.6. The normalized spacial score (nSPS) is 18.6. The number of aromatic nitrogens is 8. The van der Waals surface area contributed by atoms with Crippen molar-refractivity contribution in [1.82, 2.24) is 48.5 Å². The third-order valence-corrected chi connectivity index (χ3v) is 14.8. The zero-order chi connectivity index (χ0) is 50.9. The minimum Gasteiger partial charge on any atom is -0.627 e. The lowest BCUT2D eigenvalue weighted by Crippen LogP contribution is -2.47. The Morgan fingerprint density at radius 3 is 1.54 bits per heavy atom. The largest absolute Gasteiger partial charge is 0.627 e. The van der Waals surface area contributed by atoms with Gasteiger partial charge in [0.05, 0.1) is 38.6 Å². The van der Waals surface area contributed by atoms with E-state index in [1.54, 1.807) is 10.7 Å². The summed E-state index contributed by atoms with van der Waals surface area (Å²) >= 11 is 0. The second-order valence-electron chi connectivity index (χ2n) is 20.2. The maximum absolute atomic E-state index is 13.6. The zero-order valence-corrected chi connectivity index (χ0v) is 43.4. The zero-order valence-electron chi connectivity index (χ0n) is 42.6. The van der Waals surface area contributed by atoms with Crippen molar-refractivity contribution in [3.8, 4) is 0 Å². The number of anilines is 3. The van der Waals surface area contributed by atoms with Gasteiger partial charge in [0.25, 0.3) is 5.16 Å². The predicted octanol–water partition coefficient (Wildman–Crippen LogP) is 7.82. The summed E-state index contributed by atoms with van der Waals surface area (Å²) in [7, 11) is -3.61. The van der Waals surface area contributed by atoms with Crippen molar-refractivity contribution in [1.29, 1.82) is 0 Å². The Bertz CT molecular complexity index is 2830. The molecule has 0 saturated carbocycles. The standard InChI is InChI=1S/C25H35N7O2.C21H28N6O3S.C5H11NO/c1-18(2)21-17-27-31-23(21)29-24(28-20-10-14-34-15-11-20)30-25(31)26-16-19-8-4-5-9-22(19)32(33)12-6-3-7-13-32;1-15(2)17-14-23-26-19(17)24-21(31(3,29)30)25-20(26)22-13-16-9-5-6-10-18(16)27(28)11-7-4-8-12-27;6-5-1-3-7-4-2-5/h4-5,8-9,17-18,20H,3,6-7,10-16H2,1-2H3,(H2,26,28,29,30);5-6,9-10,14-15H,4,7-8,11-13H2,1-3H3,(H,22,24,25);5H,1-4,6H2. The molecule has 0 spiro atoms. The van der Waals surface area contributed by atoms with Crippen molar-refractivity contribution < 1.29 is 17.9 Å². The first-order valence-electron chi connectivity index (χ1n) is 25.8. The molecule has 21 heteroatoms. The molecule has 4 aromatic heterocycles. The number of fused-ring (bicyclic) bond motifs is 2. The van der Waals surface area contributed by atoms with E-state index in [0.29, 0.717) is 74.8 Å². The highest BCUT2D eigenvalue weighted by Crippen LogP contribution is 2.33. The third kappa shape index (κ3) is 12.9. The molecular formula is C51H74N14O6S. The van der Waals surface area contributed by atoms with Gasteiger partial charge < -0.3 is 50.9 Å². The molecule has 0 unspecified atom stereocenters. The molecule has 72 heavy (non-hydrogen) atoms. The SMILES string of the molecule is CC(C)c1cnn2c(NCc3ccccc3[N+]3([O-])CCCCC3)nc(NC3CCOCC3)nc12.CC(C)c1cnn2c(NCc3ccccc3[N+]3([O-])CCCCC3)nc(S(C)(=O)=O)nc12.NC1CCOCC1. The first-order chi connectivity index (χ1) is 34.6. The molecule has 6 aromatic rings. The van der Waals surface area contributed by atoms with Gasteiger partial charge in [0.2, 0.25) is 27.7 Å². The smallest absolute Gasteiger partial charge is 0.252 e. The van der Waals surface area contributed by atoms with Crippen LogP contribution in [0.5, 0.6) is 0 Å². The van der Waals surface area contributed by atoms with Crippen LogP contribution in [-0.4, -0.2) is 119 Å². The van der Waals surface area contributed by atoms with E-state index >= 15 is 0 Å². The monoisotopic (exact) mass is 1010 g/mol. The molecule has 0 aliphatic carbocycles. The van der Waals surface area contributed by atoms with Crippen molar-refractivity contribution in [3.05, 3.63) is 93.6 Å². The number of nitrogens with one attached hydrogen (secondary N) is 3. The van der Waals surface area contributed by atoms with E-state index in [9.17, 15) is 18.8 Å². The topological polar surface area (TPSA) is 247 Å². The number of hydroxylamine groups is 4. The van der Waals surface area contributed by atoms with Gasteiger partial charge in [0, 0.05) is 80.1 Å². The van der Waals surface area contributed by atoms with Crippen LogP contribution < -0.4 is 31.0 Å². The minimum absolute atomic E-state index is 0.123. The number of hydrogen-bond donors (Lipinski definition) is 4. The molecule has 390 valence electrons. The average Bonchev–Trinajstić information content (AvgIpc) is 4.02. The van der Waals surface area contributed by atoms with Crippen LogP contribution in [-0.2, 0) is 32.4 Å². The quantitative estimate of drug-likeness (QED) is 0.0636. The van der Waals surface area contributed by atoms with Gasteiger partial charge in [-0.25, -0.2) is 8.42 Å². The van der Waals surface area contributed by atoms with Gasteiger partial charge >= 0.3 is 0 Å². The molecule has 4 aliphatic heterocycles. The summed E-state index contributed by atoms with van der Waals surface area (Å²) in [5, 5.41) is 45.9. The fourth-order valence-electron chi connectivity index (χ4n) is 9.78. The lowest BCUT2D eigenvalue weighted by molar-refractivity contribution is 0.0866. The van der Waals surface area contributed by atoms with Crippen LogP contribution >= 0.6 is 0 Å². The maximum atomic E-state index is 13.6. The molecule has 10 rings (SSSR count). The summed E-state index contributed by atoms with van der Waals surface area (Å²) in [6.07, 6.45) is 14.6. The van der Waals surface area contributed by atoms with E-state index in [1.165, 1.54) is 4.52 Å². The van der Waals surface area contributed by atoms with Crippen LogP contribution in [0.2, 0.25) is 0 Å². The van der Waals surface area contributed by atoms with Crippen molar-refractivity contribution in [2.45, 2.75) is 134 Å². The second-order valence-corrected chi connectivity index (χ2v) is 22.1. The highest BCUT2D eigenvalue weighted by atomic mass is 32.2. The molecular weight excluding hydrogens is 937 g/mol. The van der Waals surface area contributed by atoms with Gasteiger partial charge in [-0.2, -0.15) is 39.2 Å². The molecule has 0 amide bonds.